The van der Waals surface area contributed by atoms with Gasteiger partial charge < -0.3 is 10.1 Å². The molecular formula is C31H22AuN3O+2. The van der Waals surface area contributed by atoms with E-state index >= 15 is 0 Å². The van der Waals surface area contributed by atoms with Gasteiger partial charge in [-0.1, -0.05) is 96.3 Å². The fourth-order valence-corrected chi connectivity index (χ4v) is 4.12. The van der Waals surface area contributed by atoms with Gasteiger partial charge in [0.25, 0.3) is 11.4 Å². The third-order valence-corrected chi connectivity index (χ3v) is 5.78. The van der Waals surface area contributed by atoms with Gasteiger partial charge in [0.1, 0.15) is 11.5 Å². The van der Waals surface area contributed by atoms with Crippen molar-refractivity contribution in [3.05, 3.63) is 139 Å². The monoisotopic (exact) mass is 649 g/mol. The third-order valence-electron chi connectivity index (χ3n) is 5.78. The van der Waals surface area contributed by atoms with E-state index in [9.17, 15) is 0 Å². The molecule has 5 aromatic rings. The van der Waals surface area contributed by atoms with Crippen LogP contribution in [0.1, 0.15) is 0 Å². The molecule has 2 aliphatic rings. The Morgan fingerprint density at radius 3 is 1.33 bits per heavy atom. The summed E-state index contributed by atoms with van der Waals surface area (Å²) in [4.78, 5) is 0. The van der Waals surface area contributed by atoms with Gasteiger partial charge in [0, 0.05) is 36.4 Å². The van der Waals surface area contributed by atoms with Crippen molar-refractivity contribution in [1.29, 1.82) is 0 Å². The standard InChI is InChI=1S/C19H14N2.C12H8NO.Au/c1-3-9-16(10-4-1)20-15-21(17-11-5-2-6-12-17)19-14-8-7-13-18(19)20;1-3-7-11-9(5-1)13-10-6-2-4-8-12(10)14-11;/h1-14H;1-8H;/q+2;-1;+1. The smallest absolute Gasteiger partial charge is 0.652 e. The first-order chi connectivity index (χ1) is 17.4. The molecule has 0 saturated carbocycles. The average Bonchev–Trinajstić information content (AvgIpc) is 3.33. The second-order valence-corrected chi connectivity index (χ2v) is 8.08. The van der Waals surface area contributed by atoms with E-state index in [-0.39, 0.29) is 22.4 Å². The Kier molecular flexibility index (Phi) is 6.94. The normalized spacial score (nSPS) is 12.0. The number of benzene rings is 5. The van der Waals surface area contributed by atoms with E-state index in [1.807, 2.05) is 84.9 Å². The minimum Gasteiger partial charge on any atom is -0.652 e. The Labute approximate surface area is 226 Å². The van der Waals surface area contributed by atoms with Crippen LogP contribution in [-0.2, 0) is 22.4 Å². The first-order valence-electron chi connectivity index (χ1n) is 11.5. The summed E-state index contributed by atoms with van der Waals surface area (Å²) in [5.74, 6) is 1.65. The van der Waals surface area contributed by atoms with Crippen molar-refractivity contribution in [3.8, 4) is 11.5 Å². The topological polar surface area (TPSA) is 29.4 Å². The van der Waals surface area contributed by atoms with Crippen molar-refractivity contribution in [1.82, 2.24) is 9.15 Å². The summed E-state index contributed by atoms with van der Waals surface area (Å²) >= 11 is 0. The summed E-state index contributed by atoms with van der Waals surface area (Å²) in [6.07, 6.45) is 0. The van der Waals surface area contributed by atoms with Gasteiger partial charge in [-0.15, -0.1) is 0 Å². The molecule has 0 radical (unpaired) electrons. The summed E-state index contributed by atoms with van der Waals surface area (Å²) in [7, 11) is 0. The van der Waals surface area contributed by atoms with Crippen molar-refractivity contribution >= 4 is 40.1 Å². The minimum atomic E-state index is 0. The van der Waals surface area contributed by atoms with Crippen molar-refractivity contribution < 1.29 is 27.1 Å². The van der Waals surface area contributed by atoms with Gasteiger partial charge in [0.15, 0.2) is 0 Å². The van der Waals surface area contributed by atoms with Crippen LogP contribution in [0.25, 0.3) is 5.32 Å². The maximum atomic E-state index is 5.68. The van der Waals surface area contributed by atoms with E-state index < -0.39 is 0 Å². The summed E-state index contributed by atoms with van der Waals surface area (Å²) < 4.78 is 9.88. The molecule has 7 rings (SSSR count). The van der Waals surface area contributed by atoms with Crippen LogP contribution in [0, 0.1) is 0 Å². The maximum Gasteiger partial charge on any atom is 1.00 e. The molecule has 0 bridgehead atoms. The molecule has 5 aromatic carbocycles. The quantitative estimate of drug-likeness (QED) is 0.136. The fourth-order valence-electron chi connectivity index (χ4n) is 4.12. The molecule has 5 heteroatoms. The molecule has 0 fully saturated rings. The van der Waals surface area contributed by atoms with E-state index in [2.05, 4.69) is 69.0 Å². The van der Waals surface area contributed by atoms with Crippen LogP contribution in [0.4, 0.5) is 34.1 Å². The van der Waals surface area contributed by atoms with Gasteiger partial charge >= 0.3 is 28.4 Å². The Balaban J connectivity index is 0.000000155. The van der Waals surface area contributed by atoms with E-state index in [1.54, 1.807) is 0 Å². The molecule has 0 atom stereocenters. The maximum absolute atomic E-state index is 5.68. The minimum absolute atomic E-state index is 0. The zero-order valence-corrected chi connectivity index (χ0v) is 21.4. The molecule has 0 saturated heterocycles. The number of rotatable bonds is 2. The largest absolute Gasteiger partial charge is 1.00 e. The molecule has 0 amide bonds. The molecule has 176 valence electrons. The van der Waals surface area contributed by atoms with Gasteiger partial charge in [-0.25, -0.2) is 0 Å². The SMILES string of the molecule is C1=[N+](c2ccccc2)c2ccccc2[N+]=1c1ccccc1.[Au+].c1ccc2c(c1)[N-]c1ccccc1O2. The van der Waals surface area contributed by atoms with Crippen LogP contribution in [-0.4, -0.2) is 6.01 Å². The molecule has 0 N–H and O–H groups in total. The van der Waals surface area contributed by atoms with Crippen LogP contribution >= 0.6 is 0 Å². The summed E-state index contributed by atoms with van der Waals surface area (Å²) in [6.45, 7) is 0. The van der Waals surface area contributed by atoms with E-state index in [0.717, 1.165) is 45.6 Å². The van der Waals surface area contributed by atoms with Gasteiger partial charge in [-0.3, -0.25) is 0 Å². The Bertz CT molecular complexity index is 1420. The van der Waals surface area contributed by atoms with Crippen LogP contribution in [0.15, 0.2) is 133 Å². The molecule has 0 spiro atoms. The van der Waals surface area contributed by atoms with Crippen molar-refractivity contribution in [2.45, 2.75) is 0 Å². The Hall–Kier alpha value is -4.18. The van der Waals surface area contributed by atoms with Crippen molar-refractivity contribution in [2.24, 2.45) is 0 Å². The predicted molar refractivity (Wildman–Crippen MR) is 143 cm³/mol. The Morgan fingerprint density at radius 1 is 0.472 bits per heavy atom. The van der Waals surface area contributed by atoms with Crippen molar-refractivity contribution in [2.75, 3.05) is 0 Å². The molecule has 0 aromatic heterocycles. The van der Waals surface area contributed by atoms with Crippen LogP contribution < -0.4 is 13.9 Å². The molecule has 36 heavy (non-hydrogen) atoms. The second-order valence-electron chi connectivity index (χ2n) is 8.08. The predicted octanol–water partition coefficient (Wildman–Crippen LogP) is 8.67. The first-order valence-corrected chi connectivity index (χ1v) is 11.5. The number of nitrogens with zero attached hydrogens (tertiary/aromatic N) is 3. The number of hydrogen-bond donors (Lipinski definition) is 0. The first kappa shape index (κ1) is 23.6. The molecule has 0 aliphatic carbocycles. The van der Waals surface area contributed by atoms with Gasteiger partial charge in [0.05, 0.1) is 0 Å². The van der Waals surface area contributed by atoms with Crippen LogP contribution in [0.5, 0.6) is 11.5 Å². The second kappa shape index (κ2) is 10.6. The molecule has 0 unspecified atom stereocenters. The molecule has 2 heterocycles. The summed E-state index contributed by atoms with van der Waals surface area (Å²) in [5, 5.41) is 4.48. The molecule has 2 aliphatic heterocycles. The van der Waals surface area contributed by atoms with Gasteiger partial charge in [-0.05, 0) is 21.3 Å². The van der Waals surface area contributed by atoms with Gasteiger partial charge in [0.2, 0.25) is 11.4 Å². The van der Waals surface area contributed by atoms with Crippen molar-refractivity contribution in [3.63, 3.8) is 0 Å². The number of hydrogen-bond acceptors (Lipinski definition) is 1. The van der Waals surface area contributed by atoms with Crippen LogP contribution in [0.2, 0.25) is 0 Å². The Morgan fingerprint density at radius 2 is 0.861 bits per heavy atom. The van der Waals surface area contributed by atoms with Crippen LogP contribution in [0.3, 0.4) is 0 Å². The third kappa shape index (κ3) is 4.67. The molecular weight excluding hydrogens is 627 g/mol. The average molecular weight is 650 g/mol. The van der Waals surface area contributed by atoms with E-state index in [1.165, 1.54) is 0 Å². The summed E-state index contributed by atoms with van der Waals surface area (Å²) in [5.41, 5.74) is 6.31. The van der Waals surface area contributed by atoms with Gasteiger partial charge in [-0.2, -0.15) is 0 Å². The zero-order chi connectivity index (χ0) is 23.5. The fraction of sp³-hybridized carbons (Fsp3) is 0. The number of fused-ring (bicyclic) bond motifs is 3. The van der Waals surface area contributed by atoms with E-state index in [0.29, 0.717) is 0 Å². The molecule has 4 nitrogen and oxygen atoms in total. The zero-order valence-electron chi connectivity index (χ0n) is 19.3. The number of para-hydroxylation sites is 8. The summed E-state index contributed by atoms with van der Waals surface area (Å²) in [6, 6.07) is 48.0. The number of ether oxygens (including phenoxy) is 1. The van der Waals surface area contributed by atoms with E-state index in [4.69, 9.17) is 4.74 Å².